The van der Waals surface area contributed by atoms with Crippen LogP contribution in [-0.4, -0.2) is 53.8 Å². The number of halogens is 1. The molecule has 9 nitrogen and oxygen atoms in total. The lowest BCUT2D eigenvalue weighted by molar-refractivity contribution is -0.149. The number of anilines is 1. The van der Waals surface area contributed by atoms with Crippen molar-refractivity contribution < 1.29 is 33.4 Å². The lowest BCUT2D eigenvalue weighted by Crippen LogP contribution is -2.35. The Morgan fingerprint density at radius 3 is 2.53 bits per heavy atom. The van der Waals surface area contributed by atoms with Crippen molar-refractivity contribution >= 4 is 62.5 Å². The summed E-state index contributed by atoms with van der Waals surface area (Å²) in [6.07, 6.45) is 1.17. The molecule has 3 amide bonds. The lowest BCUT2D eigenvalue weighted by Gasteiger charge is -2.15. The zero-order valence-corrected chi connectivity index (χ0v) is 22.3. The summed E-state index contributed by atoms with van der Waals surface area (Å²) in [5.74, 6) is -0.915. The number of carbonyl (C=O) groups excluding carboxylic acids is 4. The van der Waals surface area contributed by atoms with Gasteiger partial charge in [-0.15, -0.1) is 0 Å². The van der Waals surface area contributed by atoms with Gasteiger partial charge in [-0.2, -0.15) is 0 Å². The van der Waals surface area contributed by atoms with E-state index in [2.05, 4.69) is 21.2 Å². The maximum absolute atomic E-state index is 12.7. The third kappa shape index (κ3) is 7.34. The summed E-state index contributed by atoms with van der Waals surface area (Å²) in [6.45, 7) is 4.79. The first-order valence-electron chi connectivity index (χ1n) is 11.1. The molecule has 11 heteroatoms. The van der Waals surface area contributed by atoms with Gasteiger partial charge in [0.15, 0.2) is 18.1 Å². The van der Waals surface area contributed by atoms with Gasteiger partial charge in [0.25, 0.3) is 17.1 Å². The van der Waals surface area contributed by atoms with E-state index in [1.165, 1.54) is 6.08 Å². The van der Waals surface area contributed by atoms with Gasteiger partial charge >= 0.3 is 5.97 Å². The summed E-state index contributed by atoms with van der Waals surface area (Å²) in [7, 11) is 0. The van der Waals surface area contributed by atoms with Gasteiger partial charge in [-0.1, -0.05) is 18.2 Å². The minimum Gasteiger partial charge on any atom is -0.490 e. The fourth-order valence-corrected chi connectivity index (χ4v) is 4.56. The molecule has 0 unspecified atom stereocenters. The summed E-state index contributed by atoms with van der Waals surface area (Å²) < 4.78 is 16.9. The fourth-order valence-electron chi connectivity index (χ4n) is 3.15. The van der Waals surface area contributed by atoms with E-state index in [-0.39, 0.29) is 23.5 Å². The van der Waals surface area contributed by atoms with Gasteiger partial charge < -0.3 is 19.5 Å². The number of amides is 3. The van der Waals surface area contributed by atoms with Crippen molar-refractivity contribution in [1.82, 2.24) is 4.90 Å². The molecule has 1 aliphatic rings. The summed E-state index contributed by atoms with van der Waals surface area (Å²) in [5.41, 5.74) is 1.21. The lowest BCUT2D eigenvalue weighted by atomic mass is 10.2. The number of nitrogens with one attached hydrogen (secondary N) is 1. The molecule has 2 aromatic rings. The van der Waals surface area contributed by atoms with E-state index in [0.717, 1.165) is 16.7 Å². The standard InChI is InChI=1S/C25H25BrN2O7S/c1-4-33-19-11-16(12-20-24(31)28(25(32)36-20)13-22(30)35-15(2)3)10-18(26)23(19)34-14-21(29)27-17-8-6-5-7-9-17/h5-12,15H,4,13-14H2,1-3H3,(H,27,29)/b20-12-. The van der Waals surface area contributed by atoms with E-state index in [9.17, 15) is 19.2 Å². The number of carbonyl (C=O) groups is 4. The number of esters is 1. The van der Waals surface area contributed by atoms with E-state index in [1.54, 1.807) is 45.0 Å². The molecule has 3 rings (SSSR count). The number of hydrogen-bond donors (Lipinski definition) is 1. The molecule has 1 fully saturated rings. The molecule has 1 heterocycles. The van der Waals surface area contributed by atoms with Crippen LogP contribution in [-0.2, 0) is 19.1 Å². The molecule has 0 bridgehead atoms. The Bertz CT molecular complexity index is 1180. The molecule has 0 radical (unpaired) electrons. The van der Waals surface area contributed by atoms with Crippen molar-refractivity contribution in [2.45, 2.75) is 26.9 Å². The van der Waals surface area contributed by atoms with Gasteiger partial charge in [-0.3, -0.25) is 24.1 Å². The third-order valence-electron chi connectivity index (χ3n) is 4.56. The first kappa shape index (κ1) is 27.3. The number of nitrogens with zero attached hydrogens (tertiary/aromatic N) is 1. The van der Waals surface area contributed by atoms with Crippen molar-refractivity contribution in [3.05, 3.63) is 57.4 Å². The molecule has 1 aliphatic heterocycles. The summed E-state index contributed by atoms with van der Waals surface area (Å²) in [6, 6.07) is 12.3. The second-order valence-corrected chi connectivity index (χ2v) is 9.62. The predicted molar refractivity (Wildman–Crippen MR) is 140 cm³/mol. The average molecular weight is 577 g/mol. The molecule has 0 aliphatic carbocycles. The second-order valence-electron chi connectivity index (χ2n) is 7.77. The Kier molecular flexibility index (Phi) is 9.54. The highest BCUT2D eigenvalue weighted by Gasteiger charge is 2.37. The van der Waals surface area contributed by atoms with Crippen LogP contribution in [0.15, 0.2) is 51.8 Å². The molecule has 2 aromatic carbocycles. The largest absolute Gasteiger partial charge is 0.490 e. The quantitative estimate of drug-likeness (QED) is 0.315. The molecule has 1 N–H and O–H groups in total. The topological polar surface area (TPSA) is 111 Å². The van der Waals surface area contributed by atoms with E-state index in [0.29, 0.717) is 33.8 Å². The summed E-state index contributed by atoms with van der Waals surface area (Å²) in [4.78, 5) is 50.2. The molecule has 0 spiro atoms. The van der Waals surface area contributed by atoms with Crippen molar-refractivity contribution in [2.75, 3.05) is 25.1 Å². The highest BCUT2D eigenvalue weighted by molar-refractivity contribution is 9.10. The minimum atomic E-state index is -0.660. The molecular weight excluding hydrogens is 552 g/mol. The molecule has 36 heavy (non-hydrogen) atoms. The predicted octanol–water partition coefficient (Wildman–Crippen LogP) is 4.85. The van der Waals surface area contributed by atoms with Crippen LogP contribution in [0, 0.1) is 0 Å². The van der Waals surface area contributed by atoms with Crippen LogP contribution in [0.3, 0.4) is 0 Å². The fraction of sp³-hybridized carbons (Fsp3) is 0.280. The Morgan fingerprint density at radius 1 is 1.14 bits per heavy atom. The van der Waals surface area contributed by atoms with Gasteiger partial charge in [-0.25, -0.2) is 0 Å². The Morgan fingerprint density at radius 2 is 1.86 bits per heavy atom. The van der Waals surface area contributed by atoms with E-state index < -0.39 is 23.7 Å². The zero-order chi connectivity index (χ0) is 26.2. The van der Waals surface area contributed by atoms with Crippen LogP contribution in [0.2, 0.25) is 0 Å². The number of rotatable bonds is 10. The van der Waals surface area contributed by atoms with Crippen LogP contribution in [0.4, 0.5) is 10.5 Å². The SMILES string of the molecule is CCOc1cc(/C=C2\SC(=O)N(CC(=O)OC(C)C)C2=O)cc(Br)c1OCC(=O)Nc1ccccc1. The number of thioether (sulfide) groups is 1. The van der Waals surface area contributed by atoms with Gasteiger partial charge in [-0.05, 0) is 84.4 Å². The maximum atomic E-state index is 12.7. The van der Waals surface area contributed by atoms with Gasteiger partial charge in [0.1, 0.15) is 6.54 Å². The third-order valence-corrected chi connectivity index (χ3v) is 6.06. The van der Waals surface area contributed by atoms with Crippen LogP contribution in [0.5, 0.6) is 11.5 Å². The van der Waals surface area contributed by atoms with Crippen molar-refractivity contribution in [3.8, 4) is 11.5 Å². The maximum Gasteiger partial charge on any atom is 0.326 e. The van der Waals surface area contributed by atoms with Gasteiger partial charge in [0, 0.05) is 5.69 Å². The number of hydrogen-bond acceptors (Lipinski definition) is 8. The molecule has 0 atom stereocenters. The van der Waals surface area contributed by atoms with E-state index in [4.69, 9.17) is 14.2 Å². The van der Waals surface area contributed by atoms with Crippen LogP contribution in [0.25, 0.3) is 6.08 Å². The first-order valence-corrected chi connectivity index (χ1v) is 12.7. The zero-order valence-electron chi connectivity index (χ0n) is 19.9. The normalized spacial score (nSPS) is 14.4. The molecule has 0 aromatic heterocycles. The highest BCUT2D eigenvalue weighted by Crippen LogP contribution is 2.39. The Labute approximate surface area is 221 Å². The first-order chi connectivity index (χ1) is 17.2. The molecular formula is C25H25BrN2O7S. The second kappa shape index (κ2) is 12.6. The Hall–Kier alpha value is -3.31. The molecule has 190 valence electrons. The number of benzene rings is 2. The van der Waals surface area contributed by atoms with E-state index in [1.807, 2.05) is 18.2 Å². The number of imide groups is 1. The summed E-state index contributed by atoms with van der Waals surface area (Å²) >= 11 is 4.16. The smallest absolute Gasteiger partial charge is 0.326 e. The van der Waals surface area contributed by atoms with E-state index >= 15 is 0 Å². The Balaban J connectivity index is 1.74. The van der Waals surface area contributed by atoms with Gasteiger partial charge in [0.2, 0.25) is 0 Å². The number of ether oxygens (including phenoxy) is 3. The molecule has 0 saturated carbocycles. The summed E-state index contributed by atoms with van der Waals surface area (Å²) in [5, 5.41) is 2.19. The average Bonchev–Trinajstić information content (AvgIpc) is 3.06. The number of para-hydroxylation sites is 1. The van der Waals surface area contributed by atoms with Crippen molar-refractivity contribution in [1.29, 1.82) is 0 Å². The monoisotopic (exact) mass is 576 g/mol. The van der Waals surface area contributed by atoms with Crippen LogP contribution in [0.1, 0.15) is 26.3 Å². The highest BCUT2D eigenvalue weighted by atomic mass is 79.9. The van der Waals surface area contributed by atoms with Crippen molar-refractivity contribution in [2.24, 2.45) is 0 Å². The van der Waals surface area contributed by atoms with Crippen LogP contribution >= 0.6 is 27.7 Å². The van der Waals surface area contributed by atoms with Crippen LogP contribution < -0.4 is 14.8 Å². The minimum absolute atomic E-state index is 0.155. The molecule has 1 saturated heterocycles. The van der Waals surface area contributed by atoms with Crippen molar-refractivity contribution in [3.63, 3.8) is 0 Å². The van der Waals surface area contributed by atoms with Gasteiger partial charge in [0.05, 0.1) is 22.1 Å².